The first-order chi connectivity index (χ1) is 8.52. The highest BCUT2D eigenvalue weighted by Gasteiger charge is 2.23. The third kappa shape index (κ3) is 9.90. The van der Waals surface area contributed by atoms with Crippen LogP contribution in [0.15, 0.2) is 0 Å². The first-order valence-electron chi connectivity index (χ1n) is 8.08. The fourth-order valence-electron chi connectivity index (χ4n) is 2.66. The summed E-state index contributed by atoms with van der Waals surface area (Å²) in [6, 6.07) is 0.412. The Morgan fingerprint density at radius 2 is 1.22 bits per heavy atom. The molecule has 0 amide bonds. The van der Waals surface area contributed by atoms with Gasteiger partial charge >= 0.3 is 0 Å². The third-order valence-corrected chi connectivity index (χ3v) is 4.01. The molecule has 2 heteroatoms. The largest absolute Gasteiger partial charge is 0.217 e. The van der Waals surface area contributed by atoms with Gasteiger partial charge in [0.15, 0.2) is 0 Å². The quantitative estimate of drug-likeness (QED) is 0.291. The molecule has 2 nitrogen and oxygen atoms in total. The average molecular weight is 258 g/mol. The van der Waals surface area contributed by atoms with Crippen LogP contribution in [0, 0.1) is 0 Å². The van der Waals surface area contributed by atoms with Crippen molar-refractivity contribution in [3.05, 3.63) is 0 Å². The molecule has 0 spiro atoms. The van der Waals surface area contributed by atoms with E-state index in [0.29, 0.717) is 6.04 Å². The van der Waals surface area contributed by atoms with Crippen LogP contribution in [0.3, 0.4) is 0 Å². The number of unbranched alkanes of at least 4 members (excludes halogenated alkanes) is 8. The van der Waals surface area contributed by atoms with Crippen molar-refractivity contribution in [3.8, 4) is 0 Å². The Balaban J connectivity index is 3.34. The lowest BCUT2D eigenvalue weighted by Gasteiger charge is -2.29. The number of rotatable bonds is 12. The number of quaternary nitrogens is 1. The molecule has 0 radical (unpaired) electrons. The lowest BCUT2D eigenvalue weighted by atomic mass is 10.0. The maximum atomic E-state index is 9.94. The Bertz CT molecular complexity index is 174. The fourth-order valence-corrected chi connectivity index (χ4v) is 2.66. The van der Waals surface area contributed by atoms with Gasteiger partial charge in [-0.1, -0.05) is 65.2 Å². The van der Waals surface area contributed by atoms with Gasteiger partial charge in [-0.15, -0.1) is 0 Å². The van der Waals surface area contributed by atoms with Crippen molar-refractivity contribution < 1.29 is 9.85 Å². The van der Waals surface area contributed by atoms with Crippen LogP contribution >= 0.6 is 0 Å². The van der Waals surface area contributed by atoms with Crippen LogP contribution in [0.25, 0.3) is 0 Å². The van der Waals surface area contributed by atoms with E-state index < -0.39 is 0 Å². The molecule has 0 saturated carbocycles. The molecule has 0 fully saturated rings. The Morgan fingerprint density at radius 1 is 0.778 bits per heavy atom. The summed E-state index contributed by atoms with van der Waals surface area (Å²) < 4.78 is 0.132. The molecule has 0 rings (SSSR count). The Kier molecular flexibility index (Phi) is 10.8. The third-order valence-electron chi connectivity index (χ3n) is 4.01. The summed E-state index contributed by atoms with van der Waals surface area (Å²) in [5.41, 5.74) is 0. The lowest BCUT2D eigenvalue weighted by Crippen LogP contribution is -2.45. The van der Waals surface area contributed by atoms with E-state index in [0.717, 1.165) is 12.8 Å². The van der Waals surface area contributed by atoms with Gasteiger partial charge in [0, 0.05) is 6.42 Å². The van der Waals surface area contributed by atoms with Crippen LogP contribution in [-0.4, -0.2) is 30.0 Å². The first-order valence-corrected chi connectivity index (χ1v) is 8.08. The van der Waals surface area contributed by atoms with Gasteiger partial charge in [0.2, 0.25) is 0 Å². The summed E-state index contributed by atoms with van der Waals surface area (Å²) in [6.07, 6.45) is 14.6. The van der Waals surface area contributed by atoms with E-state index in [-0.39, 0.29) is 4.65 Å². The molecule has 1 N–H and O–H groups in total. The molecule has 0 aromatic rings. The maximum Gasteiger partial charge on any atom is 0.118 e. The number of nitrogens with zero attached hydrogens (tertiary/aromatic N) is 1. The summed E-state index contributed by atoms with van der Waals surface area (Å²) in [6.45, 7) is 4.44. The highest BCUT2D eigenvalue weighted by atomic mass is 16.5. The molecule has 0 heterocycles. The average Bonchev–Trinajstić information content (AvgIpc) is 2.30. The summed E-state index contributed by atoms with van der Waals surface area (Å²) in [5, 5.41) is 9.94. The van der Waals surface area contributed by atoms with Gasteiger partial charge in [-0.05, 0) is 12.8 Å². The van der Waals surface area contributed by atoms with Crippen LogP contribution in [0.2, 0.25) is 0 Å². The molecule has 0 saturated heterocycles. The molecule has 0 aromatic heterocycles. The van der Waals surface area contributed by atoms with Gasteiger partial charge < -0.3 is 0 Å². The number of hydroxylamine groups is 3. The van der Waals surface area contributed by atoms with Gasteiger partial charge in [-0.25, -0.2) is 5.21 Å². The van der Waals surface area contributed by atoms with Gasteiger partial charge in [0.05, 0.1) is 14.1 Å². The van der Waals surface area contributed by atoms with Crippen LogP contribution in [-0.2, 0) is 0 Å². The standard InChI is InChI=1S/C16H36NO/c1-5-7-8-9-10-11-12-13-14-15-16(6-2)17(3,4)18/h16,18H,5-15H2,1-4H3/q+1. The second-order valence-electron chi connectivity index (χ2n) is 6.16. The minimum atomic E-state index is 0.132. The summed E-state index contributed by atoms with van der Waals surface area (Å²) in [7, 11) is 3.78. The van der Waals surface area contributed by atoms with Crippen molar-refractivity contribution in [2.24, 2.45) is 0 Å². The van der Waals surface area contributed by atoms with Crippen molar-refractivity contribution in [1.29, 1.82) is 0 Å². The molecule has 0 aliphatic rings. The zero-order chi connectivity index (χ0) is 13.9. The minimum Gasteiger partial charge on any atom is -0.217 e. The summed E-state index contributed by atoms with van der Waals surface area (Å²) in [4.78, 5) is 0. The Labute approximate surface area is 115 Å². The van der Waals surface area contributed by atoms with E-state index in [1.165, 1.54) is 57.8 Å². The van der Waals surface area contributed by atoms with Gasteiger partial charge in [0.1, 0.15) is 6.04 Å². The van der Waals surface area contributed by atoms with Crippen molar-refractivity contribution in [3.63, 3.8) is 0 Å². The van der Waals surface area contributed by atoms with E-state index in [1.807, 2.05) is 14.1 Å². The molecule has 1 unspecified atom stereocenters. The SMILES string of the molecule is CCCCCCCCCCCC(CC)[N+](C)(C)O. The van der Waals surface area contributed by atoms with Crippen LogP contribution in [0.5, 0.6) is 0 Å². The van der Waals surface area contributed by atoms with Crippen LogP contribution in [0.4, 0.5) is 0 Å². The van der Waals surface area contributed by atoms with Crippen LogP contribution < -0.4 is 0 Å². The molecule has 18 heavy (non-hydrogen) atoms. The normalized spacial score (nSPS) is 13.8. The molecule has 1 atom stereocenters. The Hall–Kier alpha value is -0.0800. The molecular formula is C16H36NO+. The van der Waals surface area contributed by atoms with Crippen molar-refractivity contribution in [2.75, 3.05) is 14.1 Å². The fraction of sp³-hybridized carbons (Fsp3) is 1.00. The van der Waals surface area contributed by atoms with Crippen molar-refractivity contribution in [1.82, 2.24) is 0 Å². The highest BCUT2D eigenvalue weighted by molar-refractivity contribution is 4.55. The van der Waals surface area contributed by atoms with Crippen molar-refractivity contribution >= 4 is 0 Å². The monoisotopic (exact) mass is 258 g/mol. The maximum absolute atomic E-state index is 9.94. The predicted octanol–water partition coefficient (Wildman–Crippen LogP) is 5.15. The molecule has 0 bridgehead atoms. The highest BCUT2D eigenvalue weighted by Crippen LogP contribution is 2.16. The second kappa shape index (κ2) is 10.8. The summed E-state index contributed by atoms with van der Waals surface area (Å²) in [5.74, 6) is 0. The number of hydrogen-bond donors (Lipinski definition) is 1. The topological polar surface area (TPSA) is 20.2 Å². The number of hydrogen-bond acceptors (Lipinski definition) is 1. The van der Waals surface area contributed by atoms with E-state index >= 15 is 0 Å². The van der Waals surface area contributed by atoms with Gasteiger partial charge in [-0.3, -0.25) is 0 Å². The van der Waals surface area contributed by atoms with E-state index in [4.69, 9.17) is 0 Å². The van der Waals surface area contributed by atoms with Gasteiger partial charge in [0.25, 0.3) is 0 Å². The lowest BCUT2D eigenvalue weighted by molar-refractivity contribution is -1.09. The first kappa shape index (κ1) is 17.9. The molecular weight excluding hydrogens is 222 g/mol. The van der Waals surface area contributed by atoms with Crippen LogP contribution in [0.1, 0.15) is 84.5 Å². The van der Waals surface area contributed by atoms with Crippen molar-refractivity contribution in [2.45, 2.75) is 90.5 Å². The van der Waals surface area contributed by atoms with E-state index in [1.54, 1.807) is 0 Å². The smallest absolute Gasteiger partial charge is 0.118 e. The zero-order valence-electron chi connectivity index (χ0n) is 13.2. The molecule has 0 aromatic carbocycles. The van der Waals surface area contributed by atoms with E-state index in [9.17, 15) is 5.21 Å². The predicted molar refractivity (Wildman–Crippen MR) is 79.8 cm³/mol. The molecule has 0 aliphatic heterocycles. The summed E-state index contributed by atoms with van der Waals surface area (Å²) >= 11 is 0. The van der Waals surface area contributed by atoms with E-state index in [2.05, 4.69) is 13.8 Å². The Morgan fingerprint density at radius 3 is 1.61 bits per heavy atom. The minimum absolute atomic E-state index is 0.132. The molecule has 110 valence electrons. The van der Waals surface area contributed by atoms with Gasteiger partial charge in [-0.2, -0.15) is 4.65 Å². The zero-order valence-corrected chi connectivity index (χ0v) is 13.2. The molecule has 0 aliphatic carbocycles. The second-order valence-corrected chi connectivity index (χ2v) is 6.16.